The van der Waals surface area contributed by atoms with Gasteiger partial charge < -0.3 is 4.90 Å². The SMILES string of the molecule is CCCC(c1ccccc1)N1CCN(C(=O)CCC(=O)C23CC4CC(CC(C4)C2)C3)CC1. The molecular formula is C28H40N2O2. The summed E-state index contributed by atoms with van der Waals surface area (Å²) in [6.45, 7) is 5.67. The quantitative estimate of drug-likeness (QED) is 0.560. The van der Waals surface area contributed by atoms with Crippen molar-refractivity contribution in [3.63, 3.8) is 0 Å². The number of Topliss-reactive ketones (excluding diaryl/α,β-unsaturated/α-hetero) is 1. The van der Waals surface area contributed by atoms with Gasteiger partial charge in [0, 0.05) is 50.5 Å². The van der Waals surface area contributed by atoms with Crippen LogP contribution < -0.4 is 0 Å². The number of rotatable bonds is 8. The molecule has 1 amide bonds. The Bertz CT molecular complexity index is 777. The molecule has 32 heavy (non-hydrogen) atoms. The molecule has 4 bridgehead atoms. The highest BCUT2D eigenvalue weighted by molar-refractivity contribution is 5.89. The fourth-order valence-corrected chi connectivity index (χ4v) is 7.89. The third-order valence-corrected chi connectivity index (χ3v) is 9.05. The van der Waals surface area contributed by atoms with Crippen LogP contribution in [0.15, 0.2) is 30.3 Å². The van der Waals surface area contributed by atoms with Crippen LogP contribution in [0, 0.1) is 23.2 Å². The van der Waals surface area contributed by atoms with E-state index in [2.05, 4.69) is 42.2 Å². The topological polar surface area (TPSA) is 40.6 Å². The predicted molar refractivity (Wildman–Crippen MR) is 127 cm³/mol. The van der Waals surface area contributed by atoms with Crippen LogP contribution in [0.4, 0.5) is 0 Å². The maximum absolute atomic E-state index is 13.3. The number of amides is 1. The number of hydrogen-bond donors (Lipinski definition) is 0. The van der Waals surface area contributed by atoms with E-state index in [1.807, 2.05) is 4.90 Å². The first-order valence-electron chi connectivity index (χ1n) is 13.2. The maximum Gasteiger partial charge on any atom is 0.223 e. The van der Waals surface area contributed by atoms with E-state index in [4.69, 9.17) is 0 Å². The second-order valence-corrected chi connectivity index (χ2v) is 11.3. The molecule has 4 heteroatoms. The summed E-state index contributed by atoms with van der Waals surface area (Å²) in [6, 6.07) is 11.2. The summed E-state index contributed by atoms with van der Waals surface area (Å²) < 4.78 is 0. The highest BCUT2D eigenvalue weighted by atomic mass is 16.2. The minimum Gasteiger partial charge on any atom is -0.340 e. The van der Waals surface area contributed by atoms with Crippen molar-refractivity contribution in [3.8, 4) is 0 Å². The average Bonchev–Trinajstić information content (AvgIpc) is 2.80. The summed E-state index contributed by atoms with van der Waals surface area (Å²) in [4.78, 5) is 30.8. The Labute approximate surface area is 193 Å². The number of ketones is 1. The molecule has 6 rings (SSSR count). The van der Waals surface area contributed by atoms with Crippen molar-refractivity contribution in [2.24, 2.45) is 23.2 Å². The smallest absolute Gasteiger partial charge is 0.223 e. The fourth-order valence-electron chi connectivity index (χ4n) is 7.89. The number of hydrogen-bond acceptors (Lipinski definition) is 3. The highest BCUT2D eigenvalue weighted by Gasteiger charge is 2.54. The Hall–Kier alpha value is -1.68. The van der Waals surface area contributed by atoms with Gasteiger partial charge in [-0.05, 0) is 68.3 Å². The lowest BCUT2D eigenvalue weighted by Crippen LogP contribution is -2.51. The number of piperazine rings is 1. The van der Waals surface area contributed by atoms with Gasteiger partial charge in [0.2, 0.25) is 5.91 Å². The van der Waals surface area contributed by atoms with Crippen LogP contribution in [-0.2, 0) is 9.59 Å². The van der Waals surface area contributed by atoms with Gasteiger partial charge in [-0.3, -0.25) is 14.5 Å². The summed E-state index contributed by atoms with van der Waals surface area (Å²) >= 11 is 0. The van der Waals surface area contributed by atoms with E-state index in [0.29, 0.717) is 24.7 Å². The number of carbonyl (C=O) groups is 2. The summed E-state index contributed by atoms with van der Waals surface area (Å²) in [5.74, 6) is 2.96. The van der Waals surface area contributed by atoms with Crippen LogP contribution in [-0.4, -0.2) is 47.7 Å². The normalized spacial score (nSPS) is 32.8. The molecule has 0 aromatic heterocycles. The van der Waals surface area contributed by atoms with E-state index in [-0.39, 0.29) is 11.3 Å². The first-order chi connectivity index (χ1) is 15.6. The van der Waals surface area contributed by atoms with Gasteiger partial charge in [0.05, 0.1) is 0 Å². The zero-order valence-corrected chi connectivity index (χ0v) is 19.8. The largest absolute Gasteiger partial charge is 0.340 e. The minimum absolute atomic E-state index is 0.0587. The monoisotopic (exact) mass is 436 g/mol. The van der Waals surface area contributed by atoms with Gasteiger partial charge in [0.25, 0.3) is 0 Å². The van der Waals surface area contributed by atoms with Crippen molar-refractivity contribution in [1.82, 2.24) is 9.80 Å². The van der Waals surface area contributed by atoms with E-state index < -0.39 is 0 Å². The van der Waals surface area contributed by atoms with E-state index in [1.54, 1.807) is 0 Å². The van der Waals surface area contributed by atoms with Crippen molar-refractivity contribution in [3.05, 3.63) is 35.9 Å². The lowest BCUT2D eigenvalue weighted by molar-refractivity contribution is -0.146. The van der Waals surface area contributed by atoms with Crippen molar-refractivity contribution in [1.29, 1.82) is 0 Å². The average molecular weight is 437 g/mol. The maximum atomic E-state index is 13.3. The number of nitrogens with zero attached hydrogens (tertiary/aromatic N) is 2. The molecule has 1 atom stereocenters. The Kier molecular flexibility index (Phi) is 6.42. The zero-order valence-electron chi connectivity index (χ0n) is 19.8. The molecule has 1 aromatic carbocycles. The molecule has 1 heterocycles. The van der Waals surface area contributed by atoms with Crippen molar-refractivity contribution >= 4 is 11.7 Å². The molecule has 1 unspecified atom stereocenters. The van der Waals surface area contributed by atoms with Gasteiger partial charge in [-0.15, -0.1) is 0 Å². The summed E-state index contributed by atoms with van der Waals surface area (Å²) in [7, 11) is 0. The molecule has 174 valence electrons. The van der Waals surface area contributed by atoms with Gasteiger partial charge in [-0.25, -0.2) is 0 Å². The molecule has 1 aromatic rings. The molecule has 0 radical (unpaired) electrons. The van der Waals surface area contributed by atoms with Crippen LogP contribution in [0.25, 0.3) is 0 Å². The Morgan fingerprint density at radius 1 is 0.906 bits per heavy atom. The van der Waals surface area contributed by atoms with Crippen molar-refractivity contribution < 1.29 is 9.59 Å². The van der Waals surface area contributed by atoms with Crippen LogP contribution in [0.3, 0.4) is 0 Å². The van der Waals surface area contributed by atoms with E-state index in [9.17, 15) is 9.59 Å². The molecule has 4 aliphatic carbocycles. The minimum atomic E-state index is -0.0587. The zero-order chi connectivity index (χ0) is 22.1. The molecule has 5 aliphatic rings. The highest BCUT2D eigenvalue weighted by Crippen LogP contribution is 2.60. The molecule has 0 N–H and O–H groups in total. The molecule has 1 saturated heterocycles. The molecule has 0 spiro atoms. The fraction of sp³-hybridized carbons (Fsp3) is 0.714. The van der Waals surface area contributed by atoms with E-state index >= 15 is 0 Å². The lowest BCUT2D eigenvalue weighted by atomic mass is 9.48. The second kappa shape index (κ2) is 9.29. The molecule has 5 fully saturated rings. The summed E-state index contributed by atoms with van der Waals surface area (Å²) in [5, 5.41) is 0. The van der Waals surface area contributed by atoms with Gasteiger partial charge in [0.15, 0.2) is 0 Å². The second-order valence-electron chi connectivity index (χ2n) is 11.3. The Morgan fingerprint density at radius 2 is 1.50 bits per heavy atom. The lowest BCUT2D eigenvalue weighted by Gasteiger charge is -2.56. The predicted octanol–water partition coefficient (Wildman–Crippen LogP) is 5.24. The first kappa shape index (κ1) is 22.1. The van der Waals surface area contributed by atoms with Crippen LogP contribution in [0.2, 0.25) is 0 Å². The third kappa shape index (κ3) is 4.40. The standard InChI is InChI=1S/C28H40N2O2/c1-2-6-25(24-7-4-3-5-8-24)29-11-13-30(14-12-29)27(32)10-9-26(31)28-18-21-15-22(19-28)17-23(16-21)20-28/h3-5,7-8,21-23,25H,2,6,9-20H2,1H3. The molecule has 1 aliphatic heterocycles. The van der Waals surface area contributed by atoms with Crippen LogP contribution >= 0.6 is 0 Å². The molecule has 4 saturated carbocycles. The molecule has 4 nitrogen and oxygen atoms in total. The van der Waals surface area contributed by atoms with Crippen LogP contribution in [0.1, 0.15) is 82.7 Å². The summed E-state index contributed by atoms with van der Waals surface area (Å²) in [5.41, 5.74) is 1.33. The van der Waals surface area contributed by atoms with Crippen molar-refractivity contribution in [2.45, 2.75) is 77.2 Å². The third-order valence-electron chi connectivity index (χ3n) is 9.05. The van der Waals surface area contributed by atoms with Gasteiger partial charge in [-0.2, -0.15) is 0 Å². The molecular weight excluding hydrogens is 396 g/mol. The van der Waals surface area contributed by atoms with E-state index in [0.717, 1.165) is 76.0 Å². The van der Waals surface area contributed by atoms with E-state index in [1.165, 1.54) is 24.8 Å². The Balaban J connectivity index is 1.12. The number of benzene rings is 1. The Morgan fingerprint density at radius 3 is 2.06 bits per heavy atom. The van der Waals surface area contributed by atoms with Crippen LogP contribution in [0.5, 0.6) is 0 Å². The van der Waals surface area contributed by atoms with Crippen molar-refractivity contribution in [2.75, 3.05) is 26.2 Å². The first-order valence-corrected chi connectivity index (χ1v) is 13.2. The van der Waals surface area contributed by atoms with Gasteiger partial charge in [0.1, 0.15) is 5.78 Å². The van der Waals surface area contributed by atoms with Gasteiger partial charge >= 0.3 is 0 Å². The summed E-state index contributed by atoms with van der Waals surface area (Å²) in [6.07, 6.45) is 10.6. The van der Waals surface area contributed by atoms with Gasteiger partial charge in [-0.1, -0.05) is 43.7 Å². The number of carbonyl (C=O) groups excluding carboxylic acids is 2.